The molecule has 68 valence electrons. The molecule has 0 spiro atoms. The number of hydrogen-bond donors (Lipinski definition) is 1. The molecule has 3 nitrogen and oxygen atoms in total. The summed E-state index contributed by atoms with van der Waals surface area (Å²) in [4.78, 5) is 14.5. The summed E-state index contributed by atoms with van der Waals surface area (Å²) in [5, 5.41) is 11.1. The number of carboxylic acids is 1. The molecule has 0 aliphatic carbocycles. The van der Waals surface area contributed by atoms with Crippen molar-refractivity contribution in [3.05, 3.63) is 29.4 Å². The molecule has 2 aromatic rings. The number of rotatable bonds is 1. The Morgan fingerprint density at radius 1 is 1.54 bits per heavy atom. The number of aromatic carboxylic acids is 1. The van der Waals surface area contributed by atoms with Crippen molar-refractivity contribution in [2.24, 2.45) is 0 Å². The number of hydrogen-bond acceptors (Lipinski definition) is 3. The minimum absolute atomic E-state index is 0. The van der Waals surface area contributed by atoms with Gasteiger partial charge in [-0.2, -0.15) is 0 Å². The second kappa shape index (κ2) is 3.72. The van der Waals surface area contributed by atoms with Crippen molar-refractivity contribution in [1.82, 2.24) is 4.98 Å². The molecule has 2 heterocycles. The highest BCUT2D eigenvalue weighted by atomic mass is 35.5. The van der Waals surface area contributed by atoms with Crippen LogP contribution in [0.3, 0.4) is 0 Å². The standard InChI is InChI=1S/C8H5NO2S.ClH/c10-8(11)6-4-12-7-1-2-9-3-5(6)7;/h1-4H,(H,10,11);1H. The Kier molecular flexibility index (Phi) is 2.85. The Hall–Kier alpha value is -1.13. The second-order valence-electron chi connectivity index (χ2n) is 2.33. The van der Waals surface area contributed by atoms with E-state index >= 15 is 0 Å². The Labute approximate surface area is 84.4 Å². The van der Waals surface area contributed by atoms with Gasteiger partial charge in [-0.3, -0.25) is 4.98 Å². The van der Waals surface area contributed by atoms with Crippen LogP contribution in [0, 0.1) is 0 Å². The number of carboxylic acid groups (broad SMARTS) is 1. The predicted molar refractivity (Wildman–Crippen MR) is 53.8 cm³/mol. The highest BCUT2D eigenvalue weighted by molar-refractivity contribution is 7.17. The Balaban J connectivity index is 0.000000845. The van der Waals surface area contributed by atoms with Crippen LogP contribution in [-0.2, 0) is 0 Å². The van der Waals surface area contributed by atoms with Crippen molar-refractivity contribution in [1.29, 1.82) is 0 Å². The van der Waals surface area contributed by atoms with Crippen molar-refractivity contribution >= 4 is 39.8 Å². The van der Waals surface area contributed by atoms with Gasteiger partial charge in [0.15, 0.2) is 0 Å². The molecule has 13 heavy (non-hydrogen) atoms. The van der Waals surface area contributed by atoms with E-state index in [0.717, 1.165) is 10.1 Å². The molecular weight excluding hydrogens is 210 g/mol. The van der Waals surface area contributed by atoms with Gasteiger partial charge in [-0.05, 0) is 6.07 Å². The summed E-state index contributed by atoms with van der Waals surface area (Å²) in [5.74, 6) is -0.894. The average Bonchev–Trinajstić information content (AvgIpc) is 2.47. The van der Waals surface area contributed by atoms with Crippen LogP contribution in [0.2, 0.25) is 0 Å². The molecule has 0 aliphatic heterocycles. The van der Waals surface area contributed by atoms with E-state index in [1.54, 1.807) is 17.8 Å². The number of fused-ring (bicyclic) bond motifs is 1. The zero-order valence-electron chi connectivity index (χ0n) is 6.43. The van der Waals surface area contributed by atoms with Gasteiger partial charge in [0.1, 0.15) is 0 Å². The summed E-state index contributed by atoms with van der Waals surface area (Å²) in [7, 11) is 0. The molecule has 0 amide bonds. The highest BCUT2D eigenvalue weighted by Gasteiger charge is 2.09. The van der Waals surface area contributed by atoms with Gasteiger partial charge in [-0.1, -0.05) is 0 Å². The fraction of sp³-hybridized carbons (Fsp3) is 0. The first-order valence-electron chi connectivity index (χ1n) is 3.33. The van der Waals surface area contributed by atoms with Gasteiger partial charge in [0.2, 0.25) is 0 Å². The van der Waals surface area contributed by atoms with Gasteiger partial charge in [-0.25, -0.2) is 4.79 Å². The minimum atomic E-state index is -0.894. The lowest BCUT2D eigenvalue weighted by Gasteiger charge is -1.89. The monoisotopic (exact) mass is 215 g/mol. The number of pyridine rings is 1. The van der Waals surface area contributed by atoms with E-state index in [1.807, 2.05) is 6.07 Å². The number of aromatic nitrogens is 1. The Bertz CT molecular complexity index is 440. The number of carbonyl (C=O) groups is 1. The van der Waals surface area contributed by atoms with E-state index in [-0.39, 0.29) is 12.4 Å². The topological polar surface area (TPSA) is 50.2 Å². The van der Waals surface area contributed by atoms with Gasteiger partial charge in [-0.15, -0.1) is 23.7 Å². The summed E-state index contributed by atoms with van der Waals surface area (Å²) in [6.45, 7) is 0. The van der Waals surface area contributed by atoms with Crippen molar-refractivity contribution in [2.75, 3.05) is 0 Å². The maximum absolute atomic E-state index is 10.7. The fourth-order valence-corrected chi connectivity index (χ4v) is 1.94. The normalized spacial score (nSPS) is 9.54. The van der Waals surface area contributed by atoms with Crippen LogP contribution in [0.15, 0.2) is 23.8 Å². The average molecular weight is 216 g/mol. The Morgan fingerprint density at radius 2 is 2.31 bits per heavy atom. The summed E-state index contributed by atoms with van der Waals surface area (Å²) >= 11 is 1.42. The summed E-state index contributed by atoms with van der Waals surface area (Å²) in [6, 6.07) is 1.81. The maximum Gasteiger partial charge on any atom is 0.337 e. The van der Waals surface area contributed by atoms with Crippen LogP contribution in [-0.4, -0.2) is 16.1 Å². The summed E-state index contributed by atoms with van der Waals surface area (Å²) < 4.78 is 0.961. The smallest absolute Gasteiger partial charge is 0.337 e. The number of thiophene rings is 1. The van der Waals surface area contributed by atoms with Gasteiger partial charge < -0.3 is 5.11 Å². The quantitative estimate of drug-likeness (QED) is 0.795. The van der Waals surface area contributed by atoms with Gasteiger partial charge in [0.25, 0.3) is 0 Å². The lowest BCUT2D eigenvalue weighted by atomic mass is 10.2. The largest absolute Gasteiger partial charge is 0.478 e. The molecule has 0 radical (unpaired) electrons. The van der Waals surface area contributed by atoms with E-state index < -0.39 is 5.97 Å². The molecule has 2 aromatic heterocycles. The van der Waals surface area contributed by atoms with Crippen LogP contribution in [0.4, 0.5) is 0 Å². The lowest BCUT2D eigenvalue weighted by molar-refractivity contribution is 0.0699. The third kappa shape index (κ3) is 1.64. The van der Waals surface area contributed by atoms with Crippen molar-refractivity contribution in [3.8, 4) is 0 Å². The van der Waals surface area contributed by atoms with E-state index in [1.165, 1.54) is 11.3 Å². The van der Waals surface area contributed by atoms with E-state index in [9.17, 15) is 4.79 Å². The van der Waals surface area contributed by atoms with Gasteiger partial charge in [0.05, 0.1) is 5.56 Å². The molecule has 2 rings (SSSR count). The molecule has 0 atom stereocenters. The minimum Gasteiger partial charge on any atom is -0.478 e. The predicted octanol–water partition coefficient (Wildman–Crippen LogP) is 2.42. The Morgan fingerprint density at radius 3 is 3.00 bits per heavy atom. The van der Waals surface area contributed by atoms with E-state index in [2.05, 4.69) is 4.98 Å². The number of nitrogens with zero attached hydrogens (tertiary/aromatic N) is 1. The van der Waals surface area contributed by atoms with Crippen molar-refractivity contribution in [3.63, 3.8) is 0 Å². The lowest BCUT2D eigenvalue weighted by Crippen LogP contribution is -1.93. The van der Waals surface area contributed by atoms with Gasteiger partial charge >= 0.3 is 5.97 Å². The zero-order chi connectivity index (χ0) is 8.55. The first kappa shape index (κ1) is 9.95. The molecule has 0 saturated carbocycles. The van der Waals surface area contributed by atoms with E-state index in [4.69, 9.17) is 5.11 Å². The first-order chi connectivity index (χ1) is 5.79. The molecule has 0 aliphatic rings. The molecular formula is C8H6ClNO2S. The molecule has 0 unspecified atom stereocenters. The molecule has 0 saturated heterocycles. The zero-order valence-corrected chi connectivity index (χ0v) is 8.06. The highest BCUT2D eigenvalue weighted by Crippen LogP contribution is 2.24. The van der Waals surface area contributed by atoms with Crippen LogP contribution in [0.25, 0.3) is 10.1 Å². The molecule has 0 fully saturated rings. The third-order valence-electron chi connectivity index (χ3n) is 1.61. The van der Waals surface area contributed by atoms with Crippen molar-refractivity contribution < 1.29 is 9.90 Å². The number of halogens is 1. The second-order valence-corrected chi connectivity index (χ2v) is 3.24. The van der Waals surface area contributed by atoms with Crippen LogP contribution >= 0.6 is 23.7 Å². The molecule has 0 bridgehead atoms. The van der Waals surface area contributed by atoms with E-state index in [0.29, 0.717) is 5.56 Å². The summed E-state index contributed by atoms with van der Waals surface area (Å²) in [6.07, 6.45) is 3.24. The van der Waals surface area contributed by atoms with Crippen LogP contribution in [0.1, 0.15) is 10.4 Å². The van der Waals surface area contributed by atoms with Crippen molar-refractivity contribution in [2.45, 2.75) is 0 Å². The molecule has 5 heteroatoms. The third-order valence-corrected chi connectivity index (χ3v) is 2.57. The molecule has 0 aromatic carbocycles. The molecule has 1 N–H and O–H groups in total. The SMILES string of the molecule is Cl.O=C(O)c1csc2ccncc12. The fourth-order valence-electron chi connectivity index (χ4n) is 1.04. The van der Waals surface area contributed by atoms with Crippen LogP contribution in [0.5, 0.6) is 0 Å². The summed E-state index contributed by atoms with van der Waals surface area (Å²) in [5.41, 5.74) is 0.336. The maximum atomic E-state index is 10.7. The first-order valence-corrected chi connectivity index (χ1v) is 4.21. The van der Waals surface area contributed by atoms with Crippen LogP contribution < -0.4 is 0 Å². The van der Waals surface area contributed by atoms with Gasteiger partial charge in [0, 0.05) is 27.9 Å².